The second-order valence-electron chi connectivity index (χ2n) is 4.77. The molecule has 0 heterocycles. The Morgan fingerprint density at radius 1 is 1.47 bits per heavy atom. The molecule has 0 aromatic heterocycles. The van der Waals surface area contributed by atoms with Gasteiger partial charge in [-0.25, -0.2) is 0 Å². The van der Waals surface area contributed by atoms with Crippen LogP contribution >= 0.6 is 27.5 Å². The standard InChI is InChI=1S/C14H19BrClNO2/c1-10(2)9-17(6-7-19-3)14(18)11-4-5-13(16)12(15)8-11/h4-5,8,10H,6-7,9H2,1-3H3. The Bertz CT molecular complexity index is 437. The predicted molar refractivity (Wildman–Crippen MR) is 81.8 cm³/mol. The number of ether oxygens (including phenoxy) is 1. The third-order valence-electron chi connectivity index (χ3n) is 2.60. The van der Waals surface area contributed by atoms with E-state index >= 15 is 0 Å². The van der Waals surface area contributed by atoms with Crippen LogP contribution < -0.4 is 0 Å². The molecule has 106 valence electrons. The Labute approximate surface area is 128 Å². The van der Waals surface area contributed by atoms with Crippen LogP contribution in [0.4, 0.5) is 0 Å². The lowest BCUT2D eigenvalue weighted by Crippen LogP contribution is -2.36. The molecule has 0 bridgehead atoms. The van der Waals surface area contributed by atoms with Crippen molar-refractivity contribution in [2.75, 3.05) is 26.8 Å². The Balaban J connectivity index is 2.87. The van der Waals surface area contributed by atoms with Gasteiger partial charge < -0.3 is 9.64 Å². The average molecular weight is 349 g/mol. The van der Waals surface area contributed by atoms with Crippen molar-refractivity contribution in [2.45, 2.75) is 13.8 Å². The summed E-state index contributed by atoms with van der Waals surface area (Å²) in [6.07, 6.45) is 0. The topological polar surface area (TPSA) is 29.5 Å². The molecule has 1 aromatic carbocycles. The Morgan fingerprint density at radius 2 is 2.16 bits per heavy atom. The van der Waals surface area contributed by atoms with Crippen LogP contribution in [-0.4, -0.2) is 37.6 Å². The maximum Gasteiger partial charge on any atom is 0.253 e. The zero-order valence-corrected chi connectivity index (χ0v) is 13.8. The van der Waals surface area contributed by atoms with Crippen LogP contribution in [0, 0.1) is 5.92 Å². The molecule has 0 aliphatic heterocycles. The van der Waals surface area contributed by atoms with E-state index in [-0.39, 0.29) is 5.91 Å². The first-order valence-electron chi connectivity index (χ1n) is 6.19. The van der Waals surface area contributed by atoms with Crippen molar-refractivity contribution in [1.82, 2.24) is 4.90 Å². The second-order valence-corrected chi connectivity index (χ2v) is 6.03. The minimum absolute atomic E-state index is 0.00289. The highest BCUT2D eigenvalue weighted by molar-refractivity contribution is 9.10. The summed E-state index contributed by atoms with van der Waals surface area (Å²) >= 11 is 9.28. The molecule has 0 aliphatic carbocycles. The quantitative estimate of drug-likeness (QED) is 0.781. The summed E-state index contributed by atoms with van der Waals surface area (Å²) in [6, 6.07) is 5.23. The molecule has 1 aromatic rings. The first-order chi connectivity index (χ1) is 8.95. The molecule has 0 radical (unpaired) electrons. The van der Waals surface area contributed by atoms with Crippen LogP contribution in [-0.2, 0) is 4.74 Å². The molecule has 0 unspecified atom stereocenters. The smallest absolute Gasteiger partial charge is 0.253 e. The van der Waals surface area contributed by atoms with Crippen molar-refractivity contribution in [1.29, 1.82) is 0 Å². The van der Waals surface area contributed by atoms with E-state index in [2.05, 4.69) is 29.8 Å². The van der Waals surface area contributed by atoms with Crippen LogP contribution in [0.3, 0.4) is 0 Å². The highest BCUT2D eigenvalue weighted by atomic mass is 79.9. The summed E-state index contributed by atoms with van der Waals surface area (Å²) < 4.78 is 5.79. The summed E-state index contributed by atoms with van der Waals surface area (Å²) in [5.74, 6) is 0.416. The van der Waals surface area contributed by atoms with Crippen LogP contribution in [0.2, 0.25) is 5.02 Å². The lowest BCUT2D eigenvalue weighted by molar-refractivity contribution is 0.0672. The molecular formula is C14H19BrClNO2. The fourth-order valence-electron chi connectivity index (χ4n) is 1.73. The molecule has 0 atom stereocenters. The Kier molecular flexibility index (Phi) is 6.83. The zero-order chi connectivity index (χ0) is 14.4. The van der Waals surface area contributed by atoms with Crippen LogP contribution in [0.5, 0.6) is 0 Å². The maximum absolute atomic E-state index is 12.5. The van der Waals surface area contributed by atoms with E-state index in [4.69, 9.17) is 16.3 Å². The number of benzene rings is 1. The third kappa shape index (κ3) is 5.13. The maximum atomic E-state index is 12.5. The highest BCUT2D eigenvalue weighted by Gasteiger charge is 2.17. The SMILES string of the molecule is COCCN(CC(C)C)C(=O)c1ccc(Cl)c(Br)c1. The van der Waals surface area contributed by atoms with Gasteiger partial charge in [0, 0.05) is 30.2 Å². The van der Waals surface area contributed by atoms with Gasteiger partial charge >= 0.3 is 0 Å². The van der Waals surface area contributed by atoms with Crippen LogP contribution in [0.1, 0.15) is 24.2 Å². The number of methoxy groups -OCH3 is 1. The number of nitrogens with zero attached hydrogens (tertiary/aromatic N) is 1. The van der Waals surface area contributed by atoms with E-state index in [0.717, 1.165) is 4.47 Å². The molecule has 19 heavy (non-hydrogen) atoms. The van der Waals surface area contributed by atoms with Gasteiger partial charge in [0.25, 0.3) is 5.91 Å². The Morgan fingerprint density at radius 3 is 2.68 bits per heavy atom. The number of hydrogen-bond donors (Lipinski definition) is 0. The van der Waals surface area contributed by atoms with Gasteiger partial charge in [-0.3, -0.25) is 4.79 Å². The lowest BCUT2D eigenvalue weighted by Gasteiger charge is -2.24. The molecule has 1 amide bonds. The van der Waals surface area contributed by atoms with Gasteiger partial charge in [-0.2, -0.15) is 0 Å². The second kappa shape index (κ2) is 7.88. The summed E-state index contributed by atoms with van der Waals surface area (Å²) in [7, 11) is 1.64. The highest BCUT2D eigenvalue weighted by Crippen LogP contribution is 2.24. The van der Waals surface area contributed by atoms with Crippen molar-refractivity contribution in [3.8, 4) is 0 Å². The number of rotatable bonds is 6. The normalized spacial score (nSPS) is 10.8. The molecule has 0 fully saturated rings. The van der Waals surface area contributed by atoms with E-state index in [1.165, 1.54) is 0 Å². The van der Waals surface area contributed by atoms with E-state index in [1.807, 2.05) is 4.90 Å². The largest absolute Gasteiger partial charge is 0.383 e. The summed E-state index contributed by atoms with van der Waals surface area (Å²) in [5, 5.41) is 0.601. The van der Waals surface area contributed by atoms with Crippen LogP contribution in [0.15, 0.2) is 22.7 Å². The molecule has 1 rings (SSSR count). The first kappa shape index (κ1) is 16.5. The number of halogens is 2. The molecule has 3 nitrogen and oxygen atoms in total. The van der Waals surface area contributed by atoms with E-state index in [1.54, 1.807) is 25.3 Å². The van der Waals surface area contributed by atoms with E-state index in [9.17, 15) is 4.79 Å². The van der Waals surface area contributed by atoms with Crippen LogP contribution in [0.25, 0.3) is 0 Å². The lowest BCUT2D eigenvalue weighted by atomic mass is 10.1. The van der Waals surface area contributed by atoms with E-state index < -0.39 is 0 Å². The van der Waals surface area contributed by atoms with E-state index in [0.29, 0.717) is 36.2 Å². The molecule has 0 saturated heterocycles. The molecule has 5 heteroatoms. The van der Waals surface area contributed by atoms with Gasteiger partial charge in [-0.15, -0.1) is 0 Å². The summed E-state index contributed by atoms with van der Waals surface area (Å²) in [4.78, 5) is 14.3. The van der Waals surface area contributed by atoms with Crippen molar-refractivity contribution in [3.05, 3.63) is 33.3 Å². The van der Waals surface area contributed by atoms with Gasteiger partial charge in [0.1, 0.15) is 0 Å². The minimum atomic E-state index is 0.00289. The fourth-order valence-corrected chi connectivity index (χ4v) is 2.23. The summed E-state index contributed by atoms with van der Waals surface area (Å²) in [6.45, 7) is 6.01. The number of carbonyl (C=O) groups is 1. The van der Waals surface area contributed by atoms with Crippen molar-refractivity contribution < 1.29 is 9.53 Å². The fraction of sp³-hybridized carbons (Fsp3) is 0.500. The van der Waals surface area contributed by atoms with Gasteiger partial charge in [0.2, 0.25) is 0 Å². The summed E-state index contributed by atoms with van der Waals surface area (Å²) in [5.41, 5.74) is 0.632. The van der Waals surface area contributed by atoms with Crippen molar-refractivity contribution >= 4 is 33.4 Å². The number of carbonyl (C=O) groups excluding carboxylic acids is 1. The van der Waals surface area contributed by atoms with Crippen molar-refractivity contribution in [2.24, 2.45) is 5.92 Å². The predicted octanol–water partition coefficient (Wildman–Crippen LogP) is 3.85. The molecule has 0 aliphatic rings. The molecule has 0 N–H and O–H groups in total. The van der Waals surface area contributed by atoms with Gasteiger partial charge in [0.15, 0.2) is 0 Å². The number of hydrogen-bond acceptors (Lipinski definition) is 2. The molecular weight excluding hydrogens is 330 g/mol. The Hall–Kier alpha value is -0.580. The zero-order valence-electron chi connectivity index (χ0n) is 11.5. The third-order valence-corrected chi connectivity index (χ3v) is 3.82. The van der Waals surface area contributed by atoms with Gasteiger partial charge in [-0.1, -0.05) is 25.4 Å². The average Bonchev–Trinajstić information content (AvgIpc) is 2.36. The van der Waals surface area contributed by atoms with Gasteiger partial charge in [-0.05, 0) is 40.0 Å². The molecule has 0 spiro atoms. The first-order valence-corrected chi connectivity index (χ1v) is 7.36. The monoisotopic (exact) mass is 347 g/mol. The van der Waals surface area contributed by atoms with Gasteiger partial charge in [0.05, 0.1) is 11.6 Å². The molecule has 0 saturated carbocycles. The minimum Gasteiger partial charge on any atom is -0.383 e. The number of amides is 1. The van der Waals surface area contributed by atoms with Crippen molar-refractivity contribution in [3.63, 3.8) is 0 Å².